The molecule has 1 N–H and O–H groups in total. The number of aldehydes is 1. The highest BCUT2D eigenvalue weighted by atomic mass is 19.1. The number of anilines is 1. The zero-order valence-electron chi connectivity index (χ0n) is 20.4. The van der Waals surface area contributed by atoms with Crippen molar-refractivity contribution < 1.29 is 19.1 Å². The smallest absolute Gasteiger partial charge is 0.214 e. The van der Waals surface area contributed by atoms with Crippen molar-refractivity contribution in [2.75, 3.05) is 12.0 Å². The number of aliphatic hydroxyl groups is 1. The largest absolute Gasteiger partial charge is 0.400 e. The van der Waals surface area contributed by atoms with Crippen LogP contribution in [0.2, 0.25) is 0 Å². The average molecular weight is 464 g/mol. The summed E-state index contributed by atoms with van der Waals surface area (Å²) in [7, 11) is 1.00. The van der Waals surface area contributed by atoms with Crippen LogP contribution in [0.5, 0.6) is 0 Å². The Balaban J connectivity index is 0.000000758. The molecule has 1 amide bonds. The monoisotopic (exact) mass is 463 g/mol. The molecule has 0 aromatic heterocycles. The molecule has 0 bridgehead atoms. The second kappa shape index (κ2) is 12.8. The van der Waals surface area contributed by atoms with Gasteiger partial charge < -0.3 is 10.0 Å². The number of amides is 1. The lowest BCUT2D eigenvalue weighted by molar-refractivity contribution is -0.107. The van der Waals surface area contributed by atoms with Crippen molar-refractivity contribution in [3.8, 4) is 0 Å². The standard InChI is InChI=1S/C25H22FNO2.C3H8.CH4O/c1-25(14-23(25)20-8-5-9-21(26)13-20)22-10-2-3-11-24(22)27(17-29)15-18-6-4-7-19(12-18)16-28;1-3-2;1-2/h2-13,16-17,23H,14-15H2,1H3;3H2,1-2H3;2H,1H3. The minimum atomic E-state index is -0.227. The second-order valence-electron chi connectivity index (χ2n) is 8.55. The first kappa shape index (κ1) is 26.9. The van der Waals surface area contributed by atoms with E-state index in [0.29, 0.717) is 12.1 Å². The van der Waals surface area contributed by atoms with Gasteiger partial charge in [0.05, 0.1) is 6.54 Å². The molecule has 34 heavy (non-hydrogen) atoms. The summed E-state index contributed by atoms with van der Waals surface area (Å²) in [5.41, 5.74) is 4.23. The van der Waals surface area contributed by atoms with Crippen molar-refractivity contribution >= 4 is 18.4 Å². The average Bonchev–Trinajstić information content (AvgIpc) is 3.57. The van der Waals surface area contributed by atoms with E-state index in [4.69, 9.17) is 5.11 Å². The summed E-state index contributed by atoms with van der Waals surface area (Å²) in [6.45, 7) is 6.79. The lowest BCUT2D eigenvalue weighted by Crippen LogP contribution is -2.23. The Morgan fingerprint density at radius 3 is 2.32 bits per heavy atom. The van der Waals surface area contributed by atoms with Crippen LogP contribution in [-0.2, 0) is 16.8 Å². The van der Waals surface area contributed by atoms with Crippen molar-refractivity contribution in [3.63, 3.8) is 0 Å². The first-order chi connectivity index (χ1) is 16.5. The van der Waals surface area contributed by atoms with Crippen LogP contribution in [0.3, 0.4) is 0 Å². The Morgan fingerprint density at radius 1 is 1.00 bits per heavy atom. The summed E-state index contributed by atoms with van der Waals surface area (Å²) in [6, 6.07) is 21.9. The summed E-state index contributed by atoms with van der Waals surface area (Å²) in [4.78, 5) is 24.7. The molecule has 0 aliphatic heterocycles. The third kappa shape index (κ3) is 6.39. The summed E-state index contributed by atoms with van der Waals surface area (Å²) < 4.78 is 13.7. The Labute approximate surface area is 202 Å². The van der Waals surface area contributed by atoms with Gasteiger partial charge in [-0.25, -0.2) is 4.39 Å². The van der Waals surface area contributed by atoms with E-state index < -0.39 is 0 Å². The molecule has 0 radical (unpaired) electrons. The second-order valence-corrected chi connectivity index (χ2v) is 8.55. The molecule has 0 spiro atoms. The van der Waals surface area contributed by atoms with Crippen molar-refractivity contribution in [2.24, 2.45) is 0 Å². The number of nitrogens with zero attached hydrogens (tertiary/aromatic N) is 1. The Hall–Kier alpha value is -3.31. The van der Waals surface area contributed by atoms with Gasteiger partial charge >= 0.3 is 0 Å². The third-order valence-corrected chi connectivity index (χ3v) is 5.88. The molecule has 1 aliphatic carbocycles. The van der Waals surface area contributed by atoms with Crippen LogP contribution < -0.4 is 4.90 Å². The number of halogens is 1. The summed E-state index contributed by atoms with van der Waals surface area (Å²) >= 11 is 0. The first-order valence-electron chi connectivity index (χ1n) is 11.5. The van der Waals surface area contributed by atoms with E-state index >= 15 is 0 Å². The van der Waals surface area contributed by atoms with Gasteiger partial charge in [0.2, 0.25) is 6.41 Å². The minimum absolute atomic E-state index is 0.156. The Bertz CT molecular complexity index is 1080. The van der Waals surface area contributed by atoms with Crippen LogP contribution in [0.25, 0.3) is 0 Å². The zero-order valence-corrected chi connectivity index (χ0v) is 20.4. The van der Waals surface area contributed by atoms with Gasteiger partial charge in [0.15, 0.2) is 0 Å². The number of carbonyl (C=O) groups is 2. The number of carbonyl (C=O) groups excluding carboxylic acids is 2. The summed E-state index contributed by atoms with van der Waals surface area (Å²) in [6.07, 6.45) is 3.79. The molecule has 4 nitrogen and oxygen atoms in total. The SMILES string of the molecule is CC1(c2ccccc2N(C=O)Cc2cccc(C=O)c2)CC1c1cccc(F)c1.CCC.CO. The maximum Gasteiger partial charge on any atom is 0.214 e. The van der Waals surface area contributed by atoms with E-state index in [0.717, 1.165) is 48.6 Å². The fraction of sp³-hybridized carbons (Fsp3) is 0.310. The molecule has 2 unspecified atom stereocenters. The normalized spacial score (nSPS) is 17.9. The number of para-hydroxylation sites is 1. The zero-order chi connectivity index (χ0) is 25.1. The lowest BCUT2D eigenvalue weighted by atomic mass is 9.90. The van der Waals surface area contributed by atoms with Gasteiger partial charge in [-0.05, 0) is 53.3 Å². The van der Waals surface area contributed by atoms with Crippen molar-refractivity contribution in [1.82, 2.24) is 0 Å². The van der Waals surface area contributed by atoms with Gasteiger partial charge in [0.25, 0.3) is 0 Å². The van der Waals surface area contributed by atoms with Crippen LogP contribution in [0.1, 0.15) is 66.6 Å². The van der Waals surface area contributed by atoms with Crippen molar-refractivity contribution in [1.29, 1.82) is 0 Å². The number of rotatable bonds is 7. The van der Waals surface area contributed by atoms with Gasteiger partial charge in [0.1, 0.15) is 12.1 Å². The van der Waals surface area contributed by atoms with Gasteiger partial charge in [0, 0.05) is 23.8 Å². The Kier molecular flexibility index (Phi) is 10.1. The number of hydrogen-bond donors (Lipinski definition) is 1. The number of hydrogen-bond acceptors (Lipinski definition) is 3. The summed E-state index contributed by atoms with van der Waals surface area (Å²) in [5.74, 6) is -0.0131. The van der Waals surface area contributed by atoms with Crippen LogP contribution in [-0.4, -0.2) is 24.9 Å². The van der Waals surface area contributed by atoms with Gasteiger partial charge in [-0.1, -0.05) is 75.7 Å². The first-order valence-corrected chi connectivity index (χ1v) is 11.5. The quantitative estimate of drug-likeness (QED) is 0.420. The van der Waals surface area contributed by atoms with E-state index in [1.54, 1.807) is 29.2 Å². The predicted octanol–water partition coefficient (Wildman–Crippen LogP) is 6.27. The highest BCUT2D eigenvalue weighted by Gasteiger charge is 2.53. The van der Waals surface area contributed by atoms with Gasteiger partial charge in [-0.3, -0.25) is 9.59 Å². The third-order valence-electron chi connectivity index (χ3n) is 5.88. The molecule has 0 heterocycles. The number of aliphatic hydroxyl groups excluding tert-OH is 1. The molecule has 1 saturated carbocycles. The minimum Gasteiger partial charge on any atom is -0.400 e. The predicted molar refractivity (Wildman–Crippen MR) is 136 cm³/mol. The van der Waals surface area contributed by atoms with E-state index in [9.17, 15) is 14.0 Å². The number of benzene rings is 3. The molecule has 3 aromatic carbocycles. The fourth-order valence-corrected chi connectivity index (χ4v) is 4.22. The molecule has 2 atom stereocenters. The van der Waals surface area contributed by atoms with Crippen LogP contribution >= 0.6 is 0 Å². The molecule has 180 valence electrons. The molecule has 4 rings (SSSR count). The molecular weight excluding hydrogens is 429 g/mol. The van der Waals surface area contributed by atoms with Gasteiger partial charge in [-0.2, -0.15) is 0 Å². The maximum absolute atomic E-state index is 13.7. The molecule has 1 fully saturated rings. The lowest BCUT2D eigenvalue weighted by Gasteiger charge is -2.25. The Morgan fingerprint density at radius 2 is 1.68 bits per heavy atom. The molecule has 3 aromatic rings. The molecule has 5 heteroatoms. The molecule has 1 aliphatic rings. The highest BCUT2D eigenvalue weighted by Crippen LogP contribution is 2.61. The van der Waals surface area contributed by atoms with E-state index in [2.05, 4.69) is 20.8 Å². The maximum atomic E-state index is 13.7. The molecular formula is C29H34FNO3. The van der Waals surface area contributed by atoms with Gasteiger partial charge in [-0.15, -0.1) is 0 Å². The fourth-order valence-electron chi connectivity index (χ4n) is 4.22. The van der Waals surface area contributed by atoms with E-state index in [-0.39, 0.29) is 17.2 Å². The topological polar surface area (TPSA) is 57.6 Å². The van der Waals surface area contributed by atoms with E-state index in [1.165, 1.54) is 12.5 Å². The van der Waals surface area contributed by atoms with Crippen LogP contribution in [0.4, 0.5) is 10.1 Å². The molecule has 0 saturated heterocycles. The highest BCUT2D eigenvalue weighted by molar-refractivity contribution is 5.79. The summed E-state index contributed by atoms with van der Waals surface area (Å²) in [5, 5.41) is 7.00. The van der Waals surface area contributed by atoms with Crippen LogP contribution in [0.15, 0.2) is 72.8 Å². The van der Waals surface area contributed by atoms with E-state index in [1.807, 2.05) is 42.5 Å². The van der Waals surface area contributed by atoms with Crippen molar-refractivity contribution in [2.45, 2.75) is 51.5 Å². The van der Waals surface area contributed by atoms with Crippen LogP contribution in [0, 0.1) is 5.82 Å². The van der Waals surface area contributed by atoms with Crippen molar-refractivity contribution in [3.05, 3.63) is 101 Å².